The van der Waals surface area contributed by atoms with E-state index in [-0.39, 0.29) is 0 Å². The largest absolute Gasteiger partial charge is 0.369 e. The number of aromatic nitrogens is 2. The van der Waals surface area contributed by atoms with Crippen LogP contribution in [-0.2, 0) is 0 Å². The van der Waals surface area contributed by atoms with Gasteiger partial charge in [0.1, 0.15) is 17.5 Å². The van der Waals surface area contributed by atoms with Crippen molar-refractivity contribution in [1.29, 1.82) is 0 Å². The maximum Gasteiger partial charge on any atom is 0.148 e. The van der Waals surface area contributed by atoms with Gasteiger partial charge in [0.15, 0.2) is 0 Å². The number of aryl methyl sites for hydroxylation is 1. The molecule has 0 aromatic carbocycles. The summed E-state index contributed by atoms with van der Waals surface area (Å²) in [5.41, 5.74) is 4.34. The number of rotatable bonds is 4. The predicted octanol–water partition coefficient (Wildman–Crippen LogP) is 2.47. The summed E-state index contributed by atoms with van der Waals surface area (Å²) in [5.74, 6) is 8.41. The van der Waals surface area contributed by atoms with Crippen LogP contribution in [0.3, 0.4) is 0 Å². The van der Waals surface area contributed by atoms with E-state index in [0.29, 0.717) is 22.6 Å². The molecule has 1 aromatic heterocycles. The van der Waals surface area contributed by atoms with E-state index in [9.17, 15) is 0 Å². The van der Waals surface area contributed by atoms with Gasteiger partial charge >= 0.3 is 0 Å². The molecular weight excluding hydrogens is 238 g/mol. The zero-order chi connectivity index (χ0) is 14.4. The Labute approximate surface area is 115 Å². The summed E-state index contributed by atoms with van der Waals surface area (Å²) < 4.78 is 0. The van der Waals surface area contributed by atoms with Gasteiger partial charge in [-0.1, -0.05) is 27.7 Å². The highest BCUT2D eigenvalue weighted by Crippen LogP contribution is 2.68. The van der Waals surface area contributed by atoms with Crippen LogP contribution >= 0.6 is 0 Å². The summed E-state index contributed by atoms with van der Waals surface area (Å²) in [7, 11) is 0. The Kier molecular flexibility index (Phi) is 3.21. The van der Waals surface area contributed by atoms with E-state index in [1.807, 2.05) is 13.8 Å². The smallest absolute Gasteiger partial charge is 0.148 e. The Morgan fingerprint density at radius 2 is 1.58 bits per heavy atom. The first-order valence-corrected chi connectivity index (χ1v) is 6.77. The van der Waals surface area contributed by atoms with Crippen LogP contribution in [0.2, 0.25) is 0 Å². The third kappa shape index (κ3) is 2.16. The van der Waals surface area contributed by atoms with Gasteiger partial charge in [0.2, 0.25) is 0 Å². The van der Waals surface area contributed by atoms with Gasteiger partial charge in [-0.2, -0.15) is 0 Å². The predicted molar refractivity (Wildman–Crippen MR) is 78.9 cm³/mol. The van der Waals surface area contributed by atoms with E-state index in [0.717, 1.165) is 23.8 Å². The monoisotopic (exact) mass is 263 g/mol. The molecule has 1 aliphatic carbocycles. The van der Waals surface area contributed by atoms with Crippen molar-refractivity contribution in [3.63, 3.8) is 0 Å². The summed E-state index contributed by atoms with van der Waals surface area (Å²) in [4.78, 5) is 8.72. The van der Waals surface area contributed by atoms with E-state index in [2.05, 4.69) is 48.4 Å². The highest BCUT2D eigenvalue weighted by Gasteiger charge is 2.64. The van der Waals surface area contributed by atoms with Crippen LogP contribution < -0.4 is 16.6 Å². The first kappa shape index (κ1) is 14.1. The van der Waals surface area contributed by atoms with Gasteiger partial charge in [0.25, 0.3) is 0 Å². The first-order valence-electron chi connectivity index (χ1n) is 6.77. The fourth-order valence-electron chi connectivity index (χ4n) is 2.98. The number of hydrazine groups is 1. The Morgan fingerprint density at radius 1 is 1.05 bits per heavy atom. The van der Waals surface area contributed by atoms with Crippen LogP contribution in [0.1, 0.15) is 39.1 Å². The average molecular weight is 263 g/mol. The molecule has 4 N–H and O–H groups in total. The van der Waals surface area contributed by atoms with E-state index in [4.69, 9.17) is 5.84 Å². The van der Waals surface area contributed by atoms with Crippen molar-refractivity contribution >= 4 is 11.6 Å². The number of hydrogen-bond acceptors (Lipinski definition) is 5. The zero-order valence-corrected chi connectivity index (χ0v) is 12.8. The van der Waals surface area contributed by atoms with Crippen molar-refractivity contribution in [2.45, 2.75) is 41.5 Å². The minimum Gasteiger partial charge on any atom is -0.369 e. The highest BCUT2D eigenvalue weighted by molar-refractivity contribution is 5.56. The molecule has 0 bridgehead atoms. The molecule has 0 amide bonds. The van der Waals surface area contributed by atoms with Crippen molar-refractivity contribution in [2.24, 2.45) is 22.6 Å². The molecule has 1 aliphatic rings. The minimum atomic E-state index is 0.380. The summed E-state index contributed by atoms with van der Waals surface area (Å²) in [5, 5.41) is 3.46. The van der Waals surface area contributed by atoms with Gasteiger partial charge in [-0.3, -0.25) is 0 Å². The molecule has 1 aromatic rings. The molecule has 5 heteroatoms. The Morgan fingerprint density at radius 3 is 2.05 bits per heavy atom. The van der Waals surface area contributed by atoms with Crippen LogP contribution in [0.4, 0.5) is 11.6 Å². The molecule has 1 fully saturated rings. The van der Waals surface area contributed by atoms with Gasteiger partial charge in [-0.15, -0.1) is 0 Å². The van der Waals surface area contributed by atoms with Crippen molar-refractivity contribution < 1.29 is 0 Å². The van der Waals surface area contributed by atoms with Gasteiger partial charge in [0, 0.05) is 12.1 Å². The molecule has 19 heavy (non-hydrogen) atoms. The molecule has 0 unspecified atom stereocenters. The molecule has 0 spiro atoms. The SMILES string of the molecule is Cc1nc(NN)c(C)c(NCC2C(C)(C)C2(C)C)n1. The van der Waals surface area contributed by atoms with Crippen LogP contribution in [0, 0.1) is 30.6 Å². The van der Waals surface area contributed by atoms with Crippen molar-refractivity contribution in [3.8, 4) is 0 Å². The molecular formula is C14H25N5. The van der Waals surface area contributed by atoms with Gasteiger partial charge in [-0.05, 0) is 30.6 Å². The molecule has 5 nitrogen and oxygen atoms in total. The average Bonchev–Trinajstić information content (AvgIpc) is 2.70. The van der Waals surface area contributed by atoms with E-state index in [1.165, 1.54) is 0 Å². The Hall–Kier alpha value is -1.36. The second-order valence-corrected chi connectivity index (χ2v) is 6.61. The Balaban J connectivity index is 2.11. The summed E-state index contributed by atoms with van der Waals surface area (Å²) in [6.07, 6.45) is 0. The molecule has 0 saturated heterocycles. The van der Waals surface area contributed by atoms with Crippen molar-refractivity contribution in [2.75, 3.05) is 17.3 Å². The lowest BCUT2D eigenvalue weighted by atomic mass is 10.0. The fraction of sp³-hybridized carbons (Fsp3) is 0.714. The molecule has 0 aliphatic heterocycles. The van der Waals surface area contributed by atoms with Crippen LogP contribution in [0.15, 0.2) is 0 Å². The second-order valence-electron chi connectivity index (χ2n) is 6.61. The third-order valence-corrected chi connectivity index (χ3v) is 5.19. The van der Waals surface area contributed by atoms with Crippen LogP contribution in [0.25, 0.3) is 0 Å². The lowest BCUT2D eigenvalue weighted by molar-refractivity contribution is 0.457. The highest BCUT2D eigenvalue weighted by atomic mass is 15.3. The summed E-state index contributed by atoms with van der Waals surface area (Å²) in [6.45, 7) is 14.1. The normalized spacial score (nSPS) is 20.2. The minimum absolute atomic E-state index is 0.380. The zero-order valence-electron chi connectivity index (χ0n) is 12.8. The van der Waals surface area contributed by atoms with Crippen molar-refractivity contribution in [1.82, 2.24) is 9.97 Å². The third-order valence-electron chi connectivity index (χ3n) is 5.19. The first-order chi connectivity index (χ1) is 8.71. The topological polar surface area (TPSA) is 75.9 Å². The maximum atomic E-state index is 5.47. The lowest BCUT2D eigenvalue weighted by Gasteiger charge is -2.13. The van der Waals surface area contributed by atoms with E-state index in [1.54, 1.807) is 0 Å². The van der Waals surface area contributed by atoms with Crippen molar-refractivity contribution in [3.05, 3.63) is 11.4 Å². The van der Waals surface area contributed by atoms with Gasteiger partial charge < -0.3 is 10.7 Å². The van der Waals surface area contributed by atoms with Crippen LogP contribution in [0.5, 0.6) is 0 Å². The number of anilines is 2. The van der Waals surface area contributed by atoms with Gasteiger partial charge in [-0.25, -0.2) is 15.8 Å². The molecule has 106 valence electrons. The maximum absolute atomic E-state index is 5.47. The molecule has 1 saturated carbocycles. The summed E-state index contributed by atoms with van der Waals surface area (Å²) >= 11 is 0. The van der Waals surface area contributed by atoms with Gasteiger partial charge in [0.05, 0.1) is 0 Å². The second kappa shape index (κ2) is 4.34. The number of nitrogen functional groups attached to an aromatic ring is 1. The number of nitrogens with one attached hydrogen (secondary N) is 2. The molecule has 0 radical (unpaired) electrons. The van der Waals surface area contributed by atoms with E-state index < -0.39 is 0 Å². The Bertz CT molecular complexity index is 479. The summed E-state index contributed by atoms with van der Waals surface area (Å²) in [6, 6.07) is 0. The fourth-order valence-corrected chi connectivity index (χ4v) is 2.98. The quantitative estimate of drug-likeness (QED) is 0.575. The number of nitrogens with zero attached hydrogens (tertiary/aromatic N) is 2. The number of nitrogens with two attached hydrogens (primary N) is 1. The lowest BCUT2D eigenvalue weighted by Crippen LogP contribution is -2.16. The van der Waals surface area contributed by atoms with Crippen LogP contribution in [-0.4, -0.2) is 16.5 Å². The van der Waals surface area contributed by atoms with E-state index >= 15 is 0 Å². The molecule has 1 heterocycles. The molecule has 2 rings (SSSR count). The standard InChI is InChI=1S/C14H25N5/c1-8-11(17-9(2)18-12(8)19-15)16-7-10-13(3,4)14(10,5)6/h10H,7,15H2,1-6H3,(H2,16,17,18,19). The number of hydrogen-bond donors (Lipinski definition) is 3. The molecule has 0 atom stereocenters.